The molecule has 3 N–H and O–H groups in total. The summed E-state index contributed by atoms with van der Waals surface area (Å²) < 4.78 is 0. The molecule has 1 aliphatic heterocycles. The standard InChI is InChI=1S/C19H33N3O/c1-18(2)12-22(4-3-16(18)20)11-17(23)21-19-8-13-5-14(9-19)7-15(6-13)10-19/h13-16H,3-12,20H2,1-2H3,(H,21,23). The molecule has 5 rings (SSSR count). The second-order valence-corrected chi connectivity index (χ2v) is 9.84. The number of piperidine rings is 1. The van der Waals surface area contributed by atoms with E-state index in [9.17, 15) is 4.79 Å². The number of nitrogens with zero attached hydrogens (tertiary/aromatic N) is 1. The Morgan fingerprint density at radius 2 is 1.70 bits per heavy atom. The summed E-state index contributed by atoms with van der Waals surface area (Å²) in [7, 11) is 0. The minimum atomic E-state index is 0.110. The SMILES string of the molecule is CC1(C)CN(CC(=O)NC23CC4CC(CC(C4)C2)C3)CCC1N. The van der Waals surface area contributed by atoms with Crippen LogP contribution in [-0.4, -0.2) is 42.0 Å². The number of nitrogens with one attached hydrogen (secondary N) is 1. The third kappa shape index (κ3) is 3.05. The zero-order chi connectivity index (χ0) is 16.2. The van der Waals surface area contributed by atoms with Crippen molar-refractivity contribution >= 4 is 5.91 Å². The van der Waals surface area contributed by atoms with Gasteiger partial charge in [0, 0.05) is 24.7 Å². The van der Waals surface area contributed by atoms with Crippen molar-refractivity contribution < 1.29 is 4.79 Å². The van der Waals surface area contributed by atoms with Crippen LogP contribution in [0.5, 0.6) is 0 Å². The number of amides is 1. The Kier molecular flexibility index (Phi) is 3.77. The fourth-order valence-electron chi connectivity index (χ4n) is 6.42. The Morgan fingerprint density at radius 3 is 2.22 bits per heavy atom. The second-order valence-electron chi connectivity index (χ2n) is 9.84. The molecule has 1 unspecified atom stereocenters. The summed E-state index contributed by atoms with van der Waals surface area (Å²) in [6, 6.07) is 0.255. The summed E-state index contributed by atoms with van der Waals surface area (Å²) in [5.74, 6) is 2.90. The van der Waals surface area contributed by atoms with Crippen LogP contribution >= 0.6 is 0 Å². The van der Waals surface area contributed by atoms with Gasteiger partial charge in [-0.05, 0) is 68.1 Å². The molecule has 4 saturated carbocycles. The molecule has 0 aromatic carbocycles. The number of nitrogens with two attached hydrogens (primary N) is 1. The lowest BCUT2D eigenvalue weighted by Crippen LogP contribution is -2.61. The molecular weight excluding hydrogens is 286 g/mol. The van der Waals surface area contributed by atoms with E-state index in [-0.39, 0.29) is 22.9 Å². The maximum atomic E-state index is 12.7. The zero-order valence-electron chi connectivity index (χ0n) is 14.8. The molecule has 5 fully saturated rings. The van der Waals surface area contributed by atoms with Crippen LogP contribution in [0.4, 0.5) is 0 Å². The van der Waals surface area contributed by atoms with E-state index in [2.05, 4.69) is 24.1 Å². The molecule has 130 valence electrons. The maximum Gasteiger partial charge on any atom is 0.234 e. The average molecular weight is 319 g/mol. The summed E-state index contributed by atoms with van der Waals surface area (Å²) in [6.45, 7) is 6.89. The minimum absolute atomic E-state index is 0.110. The van der Waals surface area contributed by atoms with Crippen LogP contribution in [0.25, 0.3) is 0 Å². The van der Waals surface area contributed by atoms with Crippen molar-refractivity contribution in [2.24, 2.45) is 28.9 Å². The first-order valence-corrected chi connectivity index (χ1v) is 9.63. The molecule has 4 bridgehead atoms. The summed E-state index contributed by atoms with van der Waals surface area (Å²) in [5.41, 5.74) is 6.47. The van der Waals surface area contributed by atoms with Gasteiger partial charge in [0.1, 0.15) is 0 Å². The Labute approximate surface area is 140 Å². The number of hydrogen-bond acceptors (Lipinski definition) is 3. The minimum Gasteiger partial charge on any atom is -0.350 e. The highest BCUT2D eigenvalue weighted by molar-refractivity contribution is 5.79. The predicted octanol–water partition coefficient (Wildman–Crippen LogP) is 2.13. The highest BCUT2D eigenvalue weighted by atomic mass is 16.2. The first kappa shape index (κ1) is 15.9. The van der Waals surface area contributed by atoms with E-state index < -0.39 is 0 Å². The van der Waals surface area contributed by atoms with Crippen molar-refractivity contribution in [3.05, 3.63) is 0 Å². The Morgan fingerprint density at radius 1 is 1.13 bits per heavy atom. The van der Waals surface area contributed by atoms with Gasteiger partial charge in [-0.1, -0.05) is 13.8 Å². The van der Waals surface area contributed by atoms with Crippen LogP contribution in [0.2, 0.25) is 0 Å². The third-order valence-electron chi connectivity index (χ3n) is 7.20. The lowest BCUT2D eigenvalue weighted by molar-refractivity contribution is -0.128. The summed E-state index contributed by atoms with van der Waals surface area (Å²) in [6.07, 6.45) is 8.98. The molecule has 1 heterocycles. The van der Waals surface area contributed by atoms with Gasteiger partial charge in [0.05, 0.1) is 6.54 Å². The molecule has 4 heteroatoms. The fourth-order valence-corrected chi connectivity index (χ4v) is 6.42. The topological polar surface area (TPSA) is 58.4 Å². The number of carbonyl (C=O) groups is 1. The second kappa shape index (κ2) is 5.45. The van der Waals surface area contributed by atoms with Crippen molar-refractivity contribution in [1.82, 2.24) is 10.2 Å². The van der Waals surface area contributed by atoms with Gasteiger partial charge in [0.2, 0.25) is 5.91 Å². The number of rotatable bonds is 3. The Hall–Kier alpha value is -0.610. The first-order valence-electron chi connectivity index (χ1n) is 9.63. The van der Waals surface area contributed by atoms with Crippen LogP contribution in [0, 0.1) is 23.2 Å². The van der Waals surface area contributed by atoms with Gasteiger partial charge in [0.25, 0.3) is 0 Å². The van der Waals surface area contributed by atoms with E-state index in [1.54, 1.807) is 0 Å². The number of carbonyl (C=O) groups excluding carboxylic acids is 1. The monoisotopic (exact) mass is 319 g/mol. The lowest BCUT2D eigenvalue weighted by Gasteiger charge is -2.57. The predicted molar refractivity (Wildman–Crippen MR) is 91.9 cm³/mol. The van der Waals surface area contributed by atoms with Crippen molar-refractivity contribution in [2.45, 2.75) is 70.4 Å². The van der Waals surface area contributed by atoms with Gasteiger partial charge in [-0.2, -0.15) is 0 Å². The lowest BCUT2D eigenvalue weighted by atomic mass is 9.53. The van der Waals surface area contributed by atoms with E-state index in [0.29, 0.717) is 6.54 Å². The van der Waals surface area contributed by atoms with Crippen LogP contribution in [0.15, 0.2) is 0 Å². The third-order valence-corrected chi connectivity index (χ3v) is 7.20. The molecule has 0 radical (unpaired) electrons. The quantitative estimate of drug-likeness (QED) is 0.838. The summed E-state index contributed by atoms with van der Waals surface area (Å²) in [4.78, 5) is 15.0. The van der Waals surface area contributed by atoms with Gasteiger partial charge in [-0.3, -0.25) is 9.69 Å². The van der Waals surface area contributed by atoms with E-state index in [4.69, 9.17) is 5.73 Å². The van der Waals surface area contributed by atoms with E-state index in [0.717, 1.165) is 37.3 Å². The molecule has 23 heavy (non-hydrogen) atoms. The highest BCUT2D eigenvalue weighted by Crippen LogP contribution is 2.55. The molecule has 5 aliphatic rings. The molecule has 1 amide bonds. The van der Waals surface area contributed by atoms with E-state index in [1.807, 2.05) is 0 Å². The molecular formula is C19H33N3O. The molecule has 1 saturated heterocycles. The van der Waals surface area contributed by atoms with Crippen LogP contribution in [0.1, 0.15) is 58.8 Å². The normalized spacial score (nSPS) is 45.2. The van der Waals surface area contributed by atoms with Gasteiger partial charge >= 0.3 is 0 Å². The number of hydrogen-bond donors (Lipinski definition) is 2. The Balaban J connectivity index is 1.36. The smallest absolute Gasteiger partial charge is 0.234 e. The molecule has 0 spiro atoms. The van der Waals surface area contributed by atoms with E-state index >= 15 is 0 Å². The molecule has 1 atom stereocenters. The summed E-state index contributed by atoms with van der Waals surface area (Å²) >= 11 is 0. The van der Waals surface area contributed by atoms with Gasteiger partial charge in [-0.25, -0.2) is 0 Å². The van der Waals surface area contributed by atoms with Crippen LogP contribution < -0.4 is 11.1 Å². The fraction of sp³-hybridized carbons (Fsp3) is 0.947. The van der Waals surface area contributed by atoms with Crippen LogP contribution in [-0.2, 0) is 4.79 Å². The Bertz CT molecular complexity index is 452. The van der Waals surface area contributed by atoms with Gasteiger partial charge in [0.15, 0.2) is 0 Å². The first-order chi connectivity index (χ1) is 10.8. The molecule has 0 aromatic rings. The largest absolute Gasteiger partial charge is 0.350 e. The van der Waals surface area contributed by atoms with Crippen LogP contribution in [0.3, 0.4) is 0 Å². The van der Waals surface area contributed by atoms with Crippen molar-refractivity contribution in [2.75, 3.05) is 19.6 Å². The zero-order valence-corrected chi connectivity index (χ0v) is 14.8. The molecule has 0 aromatic heterocycles. The van der Waals surface area contributed by atoms with Crippen molar-refractivity contribution in [3.63, 3.8) is 0 Å². The van der Waals surface area contributed by atoms with Crippen molar-refractivity contribution in [3.8, 4) is 0 Å². The van der Waals surface area contributed by atoms with E-state index in [1.165, 1.54) is 38.5 Å². The highest BCUT2D eigenvalue weighted by Gasteiger charge is 2.51. The molecule has 4 nitrogen and oxygen atoms in total. The average Bonchev–Trinajstić information content (AvgIpc) is 2.40. The van der Waals surface area contributed by atoms with Crippen molar-refractivity contribution in [1.29, 1.82) is 0 Å². The maximum absolute atomic E-state index is 12.7. The molecule has 4 aliphatic carbocycles. The number of likely N-dealkylation sites (tertiary alicyclic amines) is 1. The van der Waals surface area contributed by atoms with Gasteiger partial charge < -0.3 is 11.1 Å². The summed E-state index contributed by atoms with van der Waals surface area (Å²) in [5, 5.41) is 3.50. The van der Waals surface area contributed by atoms with Gasteiger partial charge in [-0.15, -0.1) is 0 Å².